The molecule has 0 saturated carbocycles. The third kappa shape index (κ3) is 5.90. The molecule has 6 heteroatoms. The van der Waals surface area contributed by atoms with Crippen molar-refractivity contribution >= 4 is 17.7 Å². The van der Waals surface area contributed by atoms with Crippen LogP contribution in [0.15, 0.2) is 11.9 Å². The van der Waals surface area contributed by atoms with Gasteiger partial charge in [-0.05, 0) is 19.9 Å². The summed E-state index contributed by atoms with van der Waals surface area (Å²) in [5.74, 6) is -2.46. The van der Waals surface area contributed by atoms with Crippen molar-refractivity contribution in [2.24, 2.45) is 5.92 Å². The number of rotatable bonds is 6. The van der Waals surface area contributed by atoms with Gasteiger partial charge >= 0.3 is 6.09 Å². The van der Waals surface area contributed by atoms with E-state index in [2.05, 4.69) is 0 Å². The van der Waals surface area contributed by atoms with Crippen LogP contribution in [-0.2, 0) is 9.59 Å². The lowest BCUT2D eigenvalue weighted by molar-refractivity contribution is -0.130. The third-order valence-corrected chi connectivity index (χ3v) is 1.96. The molecule has 0 heterocycles. The molecule has 0 aromatic rings. The molecule has 0 radical (unpaired) electrons. The Hall–Kier alpha value is -1.72. The largest absolute Gasteiger partial charge is 0.465 e. The van der Waals surface area contributed by atoms with Gasteiger partial charge in [0.2, 0.25) is 0 Å². The van der Waals surface area contributed by atoms with Crippen molar-refractivity contribution in [1.82, 2.24) is 5.32 Å². The van der Waals surface area contributed by atoms with E-state index < -0.39 is 29.4 Å². The number of allylic oxidation sites excluding steroid dienone is 1. The first kappa shape index (κ1) is 14.3. The minimum Gasteiger partial charge on any atom is -0.465 e. The van der Waals surface area contributed by atoms with Gasteiger partial charge in [0, 0.05) is 13.0 Å². The average Bonchev–Trinajstić information content (AvgIpc) is 2.12. The fourth-order valence-electron chi connectivity index (χ4n) is 1.10. The van der Waals surface area contributed by atoms with E-state index in [-0.39, 0.29) is 13.0 Å². The predicted octanol–water partition coefficient (Wildman–Crippen LogP) is 1.29. The lowest BCUT2D eigenvalue weighted by atomic mass is 9.96. The number of amides is 1. The van der Waals surface area contributed by atoms with Gasteiger partial charge in [0.25, 0.3) is 0 Å². The normalized spacial score (nSPS) is 11.4. The highest BCUT2D eigenvalue weighted by molar-refractivity contribution is 6.00. The second-order valence-corrected chi connectivity index (χ2v) is 3.32. The summed E-state index contributed by atoms with van der Waals surface area (Å²) in [6.45, 7) is 2.24. The van der Waals surface area contributed by atoms with E-state index in [1.54, 1.807) is 0 Å². The van der Waals surface area contributed by atoms with Crippen molar-refractivity contribution in [2.75, 3.05) is 6.54 Å². The molecule has 0 bridgehead atoms. The molecule has 0 spiro atoms. The Morgan fingerprint density at radius 2 is 1.81 bits per heavy atom. The molecule has 16 heavy (non-hydrogen) atoms. The first-order valence-corrected chi connectivity index (χ1v) is 4.66. The molecule has 5 nitrogen and oxygen atoms in total. The van der Waals surface area contributed by atoms with Crippen LogP contribution in [0.5, 0.6) is 0 Å². The maximum atomic E-state index is 13.1. The number of halogens is 1. The smallest absolute Gasteiger partial charge is 0.404 e. The lowest BCUT2D eigenvalue weighted by Gasteiger charge is -2.07. The molecule has 0 rings (SSSR count). The Labute approximate surface area is 92.3 Å². The summed E-state index contributed by atoms with van der Waals surface area (Å²) >= 11 is 0. The number of Topliss-reactive ketones (excluding diaryl/α,β-unsaturated/α-hetero) is 2. The van der Waals surface area contributed by atoms with Crippen molar-refractivity contribution in [1.29, 1.82) is 0 Å². The van der Waals surface area contributed by atoms with E-state index in [1.807, 2.05) is 5.32 Å². The zero-order valence-corrected chi connectivity index (χ0v) is 9.12. The van der Waals surface area contributed by atoms with Gasteiger partial charge in [-0.25, -0.2) is 9.18 Å². The van der Waals surface area contributed by atoms with Crippen LogP contribution in [0.4, 0.5) is 9.18 Å². The van der Waals surface area contributed by atoms with Crippen LogP contribution >= 0.6 is 0 Å². The van der Waals surface area contributed by atoms with Crippen LogP contribution in [0.3, 0.4) is 0 Å². The number of nitrogens with one attached hydrogen (secondary N) is 1. The van der Waals surface area contributed by atoms with Crippen LogP contribution in [-0.4, -0.2) is 29.3 Å². The Bertz CT molecular complexity index is 311. The van der Waals surface area contributed by atoms with E-state index in [4.69, 9.17) is 5.11 Å². The van der Waals surface area contributed by atoms with Gasteiger partial charge in [0.05, 0.1) is 11.7 Å². The van der Waals surface area contributed by atoms with Crippen molar-refractivity contribution in [3.8, 4) is 0 Å². The second-order valence-electron chi connectivity index (χ2n) is 3.32. The number of ketones is 2. The fraction of sp³-hybridized carbons (Fsp3) is 0.500. The molecular formula is C10H14FNO4. The molecule has 0 aliphatic heterocycles. The van der Waals surface area contributed by atoms with Crippen LogP contribution in [0.2, 0.25) is 0 Å². The number of carboxylic acid groups (broad SMARTS) is 1. The number of carbonyl (C=O) groups is 3. The van der Waals surface area contributed by atoms with E-state index >= 15 is 0 Å². The maximum Gasteiger partial charge on any atom is 0.404 e. The highest BCUT2D eigenvalue weighted by atomic mass is 19.1. The molecular weight excluding hydrogens is 217 g/mol. The minimum atomic E-state index is -1.27. The van der Waals surface area contributed by atoms with Crippen LogP contribution in [0.25, 0.3) is 0 Å². The molecule has 0 fully saturated rings. The SMILES string of the molecule is CC(=O)C(C/C(F)=C/CNC(=O)O)C(C)=O. The number of hydrogen-bond donors (Lipinski definition) is 2. The molecule has 0 aromatic carbocycles. The van der Waals surface area contributed by atoms with Gasteiger partial charge in [-0.3, -0.25) is 9.59 Å². The summed E-state index contributed by atoms with van der Waals surface area (Å²) in [7, 11) is 0. The molecule has 0 aliphatic carbocycles. The monoisotopic (exact) mass is 231 g/mol. The zero-order chi connectivity index (χ0) is 12.7. The fourth-order valence-corrected chi connectivity index (χ4v) is 1.10. The maximum absolute atomic E-state index is 13.1. The summed E-state index contributed by atoms with van der Waals surface area (Å²) in [5.41, 5.74) is 0. The molecule has 90 valence electrons. The van der Waals surface area contributed by atoms with Crippen LogP contribution in [0.1, 0.15) is 20.3 Å². The van der Waals surface area contributed by atoms with Crippen LogP contribution in [0, 0.1) is 5.92 Å². The van der Waals surface area contributed by atoms with Crippen molar-refractivity contribution < 1.29 is 23.9 Å². The minimum absolute atomic E-state index is 0.191. The Morgan fingerprint density at radius 1 is 1.31 bits per heavy atom. The second kappa shape index (κ2) is 6.71. The highest BCUT2D eigenvalue weighted by Gasteiger charge is 2.20. The Morgan fingerprint density at radius 3 is 2.19 bits per heavy atom. The van der Waals surface area contributed by atoms with Gasteiger partial charge in [0.1, 0.15) is 11.6 Å². The number of hydrogen-bond acceptors (Lipinski definition) is 3. The van der Waals surface area contributed by atoms with E-state index in [9.17, 15) is 18.8 Å². The molecule has 0 unspecified atom stereocenters. The molecule has 0 atom stereocenters. The standard InChI is InChI=1S/C10H14FNO4/c1-6(13)9(7(2)14)5-8(11)3-4-12-10(15)16/h3,9,12H,4-5H2,1-2H3,(H,15,16)/b8-3-. The Balaban J connectivity index is 4.29. The lowest BCUT2D eigenvalue weighted by Crippen LogP contribution is -2.22. The molecule has 2 N–H and O–H groups in total. The van der Waals surface area contributed by atoms with Gasteiger partial charge in [-0.2, -0.15) is 0 Å². The summed E-state index contributed by atoms with van der Waals surface area (Å²) in [5, 5.41) is 10.2. The first-order valence-electron chi connectivity index (χ1n) is 4.66. The highest BCUT2D eigenvalue weighted by Crippen LogP contribution is 2.14. The van der Waals surface area contributed by atoms with Crippen LogP contribution < -0.4 is 5.32 Å². The predicted molar refractivity (Wildman–Crippen MR) is 54.7 cm³/mol. The summed E-state index contributed by atoms with van der Waals surface area (Å²) in [4.78, 5) is 32.0. The summed E-state index contributed by atoms with van der Waals surface area (Å²) in [6.07, 6.45) is -0.586. The summed E-state index contributed by atoms with van der Waals surface area (Å²) < 4.78 is 13.1. The van der Waals surface area contributed by atoms with Gasteiger partial charge in [-0.15, -0.1) is 0 Å². The van der Waals surface area contributed by atoms with Gasteiger partial charge in [0.15, 0.2) is 0 Å². The average molecular weight is 231 g/mol. The number of carbonyl (C=O) groups excluding carboxylic acids is 2. The van der Waals surface area contributed by atoms with Crippen molar-refractivity contribution in [3.63, 3.8) is 0 Å². The van der Waals surface area contributed by atoms with Gasteiger partial charge < -0.3 is 10.4 Å². The quantitative estimate of drug-likeness (QED) is 0.675. The molecule has 0 saturated heterocycles. The van der Waals surface area contributed by atoms with E-state index in [0.29, 0.717) is 0 Å². The molecule has 0 aromatic heterocycles. The molecule has 0 aliphatic rings. The zero-order valence-electron chi connectivity index (χ0n) is 9.12. The van der Waals surface area contributed by atoms with Gasteiger partial charge in [-0.1, -0.05) is 0 Å². The molecule has 1 amide bonds. The van der Waals surface area contributed by atoms with Crippen molar-refractivity contribution in [2.45, 2.75) is 20.3 Å². The topological polar surface area (TPSA) is 83.5 Å². The third-order valence-electron chi connectivity index (χ3n) is 1.96. The van der Waals surface area contributed by atoms with E-state index in [0.717, 1.165) is 6.08 Å². The summed E-state index contributed by atoms with van der Waals surface area (Å²) in [6, 6.07) is 0. The first-order chi connectivity index (χ1) is 7.34. The van der Waals surface area contributed by atoms with E-state index in [1.165, 1.54) is 13.8 Å². The Kier molecular flexibility index (Phi) is 5.99. The van der Waals surface area contributed by atoms with Crippen molar-refractivity contribution in [3.05, 3.63) is 11.9 Å².